The number of methoxy groups -OCH3 is 1. The molecule has 2 heteroatoms. The van der Waals surface area contributed by atoms with Crippen molar-refractivity contribution in [3.63, 3.8) is 0 Å². The average Bonchev–Trinajstić information content (AvgIpc) is 2.18. The first-order chi connectivity index (χ1) is 6.72. The molecule has 0 saturated carbocycles. The van der Waals surface area contributed by atoms with Gasteiger partial charge in [0.05, 0.1) is 20.3 Å². The van der Waals surface area contributed by atoms with Crippen LogP contribution in [0.5, 0.6) is 5.75 Å². The summed E-state index contributed by atoms with van der Waals surface area (Å²) in [5.74, 6) is 0.862. The molecule has 1 aromatic carbocycles. The lowest BCUT2D eigenvalue weighted by atomic mass is 10.2. The summed E-state index contributed by atoms with van der Waals surface area (Å²) in [6, 6.07) is 7.86. The van der Waals surface area contributed by atoms with E-state index in [1.807, 2.05) is 31.2 Å². The Kier molecular flexibility index (Phi) is 4.20. The molecule has 1 rings (SSSR count). The van der Waals surface area contributed by atoms with Gasteiger partial charge in [-0.1, -0.05) is 24.3 Å². The fourth-order valence-electron chi connectivity index (χ4n) is 1.11. The van der Waals surface area contributed by atoms with E-state index in [1.54, 1.807) is 7.11 Å². The van der Waals surface area contributed by atoms with Crippen LogP contribution in [0.4, 0.5) is 0 Å². The van der Waals surface area contributed by atoms with E-state index >= 15 is 0 Å². The first-order valence-electron chi connectivity index (χ1n) is 4.57. The summed E-state index contributed by atoms with van der Waals surface area (Å²) >= 11 is 0. The Morgan fingerprint density at radius 3 is 2.86 bits per heavy atom. The normalized spacial score (nSPS) is 9.86. The predicted octanol–water partition coefficient (Wildman–Crippen LogP) is 2.79. The van der Waals surface area contributed by atoms with Crippen molar-refractivity contribution < 1.29 is 9.47 Å². The van der Waals surface area contributed by atoms with Gasteiger partial charge < -0.3 is 9.47 Å². The zero-order valence-electron chi connectivity index (χ0n) is 8.75. The second-order valence-electron chi connectivity index (χ2n) is 3.30. The van der Waals surface area contributed by atoms with E-state index in [0.717, 1.165) is 16.9 Å². The van der Waals surface area contributed by atoms with Crippen molar-refractivity contribution >= 4 is 0 Å². The Morgan fingerprint density at radius 2 is 2.21 bits per heavy atom. The fraction of sp³-hybridized carbons (Fsp3) is 0.333. The summed E-state index contributed by atoms with van der Waals surface area (Å²) in [6.45, 7) is 6.93. The maximum absolute atomic E-state index is 5.43. The highest BCUT2D eigenvalue weighted by molar-refractivity contribution is 5.27. The van der Waals surface area contributed by atoms with Gasteiger partial charge in [-0.05, 0) is 24.6 Å². The first-order valence-corrected chi connectivity index (χ1v) is 4.57. The van der Waals surface area contributed by atoms with Crippen LogP contribution in [0.15, 0.2) is 36.4 Å². The molecule has 0 saturated heterocycles. The van der Waals surface area contributed by atoms with Crippen LogP contribution in [0.1, 0.15) is 12.5 Å². The SMILES string of the molecule is C=C(C)COCc1cccc(OC)c1. The zero-order valence-corrected chi connectivity index (χ0v) is 8.75. The lowest BCUT2D eigenvalue weighted by Gasteiger charge is -2.05. The standard InChI is InChI=1S/C12H16O2/c1-10(2)8-14-9-11-5-4-6-12(7-11)13-3/h4-7H,1,8-9H2,2-3H3. The molecule has 0 amide bonds. The van der Waals surface area contributed by atoms with E-state index < -0.39 is 0 Å². The van der Waals surface area contributed by atoms with Gasteiger partial charge in [0.25, 0.3) is 0 Å². The van der Waals surface area contributed by atoms with Gasteiger partial charge in [0.15, 0.2) is 0 Å². The van der Waals surface area contributed by atoms with E-state index in [4.69, 9.17) is 9.47 Å². The topological polar surface area (TPSA) is 18.5 Å². The minimum atomic E-state index is 0.601. The molecule has 0 bridgehead atoms. The van der Waals surface area contributed by atoms with E-state index in [9.17, 15) is 0 Å². The number of ether oxygens (including phenoxy) is 2. The van der Waals surface area contributed by atoms with Gasteiger partial charge in [-0.3, -0.25) is 0 Å². The van der Waals surface area contributed by atoms with Gasteiger partial charge in [0.2, 0.25) is 0 Å². The highest BCUT2D eigenvalue weighted by atomic mass is 16.5. The van der Waals surface area contributed by atoms with Gasteiger partial charge in [0, 0.05) is 0 Å². The molecule has 0 heterocycles. The Bertz CT molecular complexity index is 305. The van der Waals surface area contributed by atoms with E-state index in [2.05, 4.69) is 6.58 Å². The van der Waals surface area contributed by atoms with E-state index in [0.29, 0.717) is 13.2 Å². The monoisotopic (exact) mass is 192 g/mol. The minimum Gasteiger partial charge on any atom is -0.497 e. The van der Waals surface area contributed by atoms with Crippen molar-refractivity contribution in [3.8, 4) is 5.75 Å². The predicted molar refractivity (Wildman–Crippen MR) is 57.5 cm³/mol. The molecule has 76 valence electrons. The van der Waals surface area contributed by atoms with Crippen molar-refractivity contribution in [1.29, 1.82) is 0 Å². The van der Waals surface area contributed by atoms with E-state index in [-0.39, 0.29) is 0 Å². The Balaban J connectivity index is 2.46. The molecule has 0 N–H and O–H groups in total. The molecule has 0 atom stereocenters. The van der Waals surface area contributed by atoms with Crippen LogP contribution < -0.4 is 4.74 Å². The summed E-state index contributed by atoms with van der Waals surface area (Å²) in [6.07, 6.45) is 0. The second-order valence-corrected chi connectivity index (χ2v) is 3.30. The van der Waals surface area contributed by atoms with Crippen molar-refractivity contribution in [3.05, 3.63) is 42.0 Å². The third-order valence-corrected chi connectivity index (χ3v) is 1.75. The molecular formula is C12H16O2. The maximum atomic E-state index is 5.43. The number of hydrogen-bond donors (Lipinski definition) is 0. The van der Waals surface area contributed by atoms with Crippen LogP contribution in [0.2, 0.25) is 0 Å². The summed E-state index contributed by atoms with van der Waals surface area (Å²) < 4.78 is 10.5. The van der Waals surface area contributed by atoms with Gasteiger partial charge in [-0.25, -0.2) is 0 Å². The van der Waals surface area contributed by atoms with E-state index in [1.165, 1.54) is 0 Å². The third-order valence-electron chi connectivity index (χ3n) is 1.75. The van der Waals surface area contributed by atoms with Crippen LogP contribution in [-0.2, 0) is 11.3 Å². The van der Waals surface area contributed by atoms with Gasteiger partial charge in [0.1, 0.15) is 5.75 Å². The molecule has 14 heavy (non-hydrogen) atoms. The fourth-order valence-corrected chi connectivity index (χ4v) is 1.11. The lowest BCUT2D eigenvalue weighted by Crippen LogP contribution is -1.96. The minimum absolute atomic E-state index is 0.601. The maximum Gasteiger partial charge on any atom is 0.119 e. The number of hydrogen-bond acceptors (Lipinski definition) is 2. The molecule has 1 aromatic rings. The molecule has 2 nitrogen and oxygen atoms in total. The molecule has 0 radical (unpaired) electrons. The lowest BCUT2D eigenvalue weighted by molar-refractivity contribution is 0.142. The van der Waals surface area contributed by atoms with Gasteiger partial charge in [-0.15, -0.1) is 0 Å². The number of benzene rings is 1. The number of rotatable bonds is 5. The largest absolute Gasteiger partial charge is 0.497 e. The molecular weight excluding hydrogens is 176 g/mol. The molecule has 0 fully saturated rings. The van der Waals surface area contributed by atoms with Gasteiger partial charge in [-0.2, -0.15) is 0 Å². The third kappa shape index (κ3) is 3.62. The quantitative estimate of drug-likeness (QED) is 0.668. The highest BCUT2D eigenvalue weighted by Crippen LogP contribution is 2.13. The highest BCUT2D eigenvalue weighted by Gasteiger charge is 1.95. The van der Waals surface area contributed by atoms with Crippen molar-refractivity contribution in [2.45, 2.75) is 13.5 Å². The van der Waals surface area contributed by atoms with Crippen LogP contribution in [0.25, 0.3) is 0 Å². The summed E-state index contributed by atoms with van der Waals surface area (Å²) in [7, 11) is 1.66. The molecule has 0 aliphatic heterocycles. The van der Waals surface area contributed by atoms with Crippen LogP contribution >= 0.6 is 0 Å². The molecule has 0 aliphatic rings. The van der Waals surface area contributed by atoms with Crippen molar-refractivity contribution in [2.24, 2.45) is 0 Å². The van der Waals surface area contributed by atoms with Crippen LogP contribution in [0, 0.1) is 0 Å². The Hall–Kier alpha value is -1.28. The first kappa shape index (κ1) is 10.8. The molecule has 0 aliphatic carbocycles. The second kappa shape index (κ2) is 5.45. The zero-order chi connectivity index (χ0) is 10.4. The molecule has 0 aromatic heterocycles. The Labute approximate surface area is 85.2 Å². The smallest absolute Gasteiger partial charge is 0.119 e. The summed E-state index contributed by atoms with van der Waals surface area (Å²) in [4.78, 5) is 0. The Morgan fingerprint density at radius 1 is 1.43 bits per heavy atom. The molecule has 0 spiro atoms. The van der Waals surface area contributed by atoms with Gasteiger partial charge >= 0.3 is 0 Å². The van der Waals surface area contributed by atoms with Crippen molar-refractivity contribution in [1.82, 2.24) is 0 Å². The summed E-state index contributed by atoms with van der Waals surface area (Å²) in [5.41, 5.74) is 2.15. The van der Waals surface area contributed by atoms with Crippen molar-refractivity contribution in [2.75, 3.05) is 13.7 Å². The van der Waals surface area contributed by atoms with Crippen LogP contribution in [0.3, 0.4) is 0 Å². The summed E-state index contributed by atoms with van der Waals surface area (Å²) in [5, 5.41) is 0. The van der Waals surface area contributed by atoms with Crippen LogP contribution in [-0.4, -0.2) is 13.7 Å². The molecule has 0 unspecified atom stereocenters. The average molecular weight is 192 g/mol.